The number of anilines is 1. The van der Waals surface area contributed by atoms with Crippen LogP contribution < -0.4 is 20.7 Å². The lowest BCUT2D eigenvalue weighted by molar-refractivity contribution is -0.141. The van der Waals surface area contributed by atoms with E-state index in [-0.39, 0.29) is 17.4 Å². The van der Waals surface area contributed by atoms with Crippen LogP contribution in [0.3, 0.4) is 0 Å². The Labute approximate surface area is 234 Å². The van der Waals surface area contributed by atoms with Gasteiger partial charge >= 0.3 is 17.8 Å². The zero-order valence-corrected chi connectivity index (χ0v) is 23.2. The molecule has 0 fully saturated rings. The van der Waals surface area contributed by atoms with Crippen LogP contribution in [0.15, 0.2) is 30.3 Å². The Kier molecular flexibility index (Phi) is 11.0. The zero-order valence-electron chi connectivity index (χ0n) is 23.2. The van der Waals surface area contributed by atoms with Crippen molar-refractivity contribution in [2.24, 2.45) is 0 Å². The fourth-order valence-electron chi connectivity index (χ4n) is 3.80. The molecule has 3 amide bonds. The van der Waals surface area contributed by atoms with Crippen LogP contribution in [0, 0.1) is 17.5 Å². The van der Waals surface area contributed by atoms with Gasteiger partial charge in [0.25, 0.3) is 0 Å². The maximum atomic E-state index is 14.2. The number of carboxylic acid groups (broad SMARTS) is 1. The Morgan fingerprint density at radius 2 is 1.61 bits per heavy atom. The Hall–Kier alpha value is -4.42. The molecule has 0 aliphatic carbocycles. The molecule has 2 rings (SSSR count). The van der Waals surface area contributed by atoms with Gasteiger partial charge in [-0.15, -0.1) is 0 Å². The number of hydrogen-bond acceptors (Lipinski definition) is 6. The van der Waals surface area contributed by atoms with E-state index in [2.05, 4.69) is 16.0 Å². The van der Waals surface area contributed by atoms with Gasteiger partial charge in [0.1, 0.15) is 24.5 Å². The second-order valence-electron chi connectivity index (χ2n) is 10.2. The van der Waals surface area contributed by atoms with Gasteiger partial charge in [-0.25, -0.2) is 8.78 Å². The van der Waals surface area contributed by atoms with Crippen molar-refractivity contribution >= 4 is 35.2 Å². The third-order valence-electron chi connectivity index (χ3n) is 5.95. The van der Waals surface area contributed by atoms with Gasteiger partial charge in [0.2, 0.25) is 11.7 Å². The maximum absolute atomic E-state index is 14.2. The van der Waals surface area contributed by atoms with E-state index in [0.717, 1.165) is 5.56 Å². The van der Waals surface area contributed by atoms with Gasteiger partial charge in [-0.1, -0.05) is 45.9 Å². The summed E-state index contributed by atoms with van der Waals surface area (Å²) in [6.07, 6.45) is -1.02. The minimum atomic E-state index is -1.71. The molecule has 0 heterocycles. The van der Waals surface area contributed by atoms with Crippen molar-refractivity contribution in [3.8, 4) is 5.75 Å². The molecule has 10 nitrogen and oxygen atoms in total. The molecule has 2 atom stereocenters. The van der Waals surface area contributed by atoms with Crippen LogP contribution in [-0.2, 0) is 35.8 Å². The van der Waals surface area contributed by atoms with Gasteiger partial charge in [0.15, 0.2) is 17.3 Å². The van der Waals surface area contributed by atoms with Crippen LogP contribution >= 0.6 is 0 Å². The molecular weight excluding hydrogens is 547 g/mol. The first-order valence-electron chi connectivity index (χ1n) is 12.6. The topological polar surface area (TPSA) is 151 Å². The number of rotatable bonds is 11. The number of carbonyl (C=O) groups is 5. The average Bonchev–Trinajstić information content (AvgIpc) is 2.88. The monoisotopic (exact) mass is 579 g/mol. The largest absolute Gasteiger partial charge is 0.482 e. The Morgan fingerprint density at radius 1 is 0.976 bits per heavy atom. The number of halogens is 3. The molecule has 0 unspecified atom stereocenters. The number of benzene rings is 2. The van der Waals surface area contributed by atoms with Crippen molar-refractivity contribution in [3.05, 3.63) is 58.9 Å². The van der Waals surface area contributed by atoms with E-state index < -0.39 is 77.8 Å². The van der Waals surface area contributed by atoms with Gasteiger partial charge in [0, 0.05) is 17.3 Å². The smallest absolute Gasteiger partial charge is 0.313 e. The van der Waals surface area contributed by atoms with Crippen molar-refractivity contribution in [2.45, 2.75) is 65.0 Å². The quantitative estimate of drug-likeness (QED) is 0.236. The zero-order chi connectivity index (χ0) is 31.1. The number of ketones is 1. The summed E-state index contributed by atoms with van der Waals surface area (Å²) in [5, 5.41) is 16.0. The summed E-state index contributed by atoms with van der Waals surface area (Å²) in [4.78, 5) is 61.6. The third kappa shape index (κ3) is 8.78. The van der Waals surface area contributed by atoms with Crippen molar-refractivity contribution < 1.29 is 47.0 Å². The van der Waals surface area contributed by atoms with Crippen molar-refractivity contribution in [1.82, 2.24) is 10.6 Å². The summed E-state index contributed by atoms with van der Waals surface area (Å²) in [7, 11) is 0. The van der Waals surface area contributed by atoms with Crippen LogP contribution in [0.5, 0.6) is 5.75 Å². The Morgan fingerprint density at radius 3 is 2.20 bits per heavy atom. The minimum absolute atomic E-state index is 0.103. The van der Waals surface area contributed by atoms with Gasteiger partial charge in [-0.3, -0.25) is 24.0 Å². The first-order chi connectivity index (χ1) is 19.1. The summed E-state index contributed by atoms with van der Waals surface area (Å²) in [6, 6.07) is 4.07. The highest BCUT2D eigenvalue weighted by molar-refractivity contribution is 6.40. The first kappa shape index (κ1) is 32.8. The van der Waals surface area contributed by atoms with E-state index in [4.69, 9.17) is 4.74 Å². The Bertz CT molecular complexity index is 1340. The molecule has 41 heavy (non-hydrogen) atoms. The van der Waals surface area contributed by atoms with E-state index >= 15 is 0 Å². The van der Waals surface area contributed by atoms with Gasteiger partial charge < -0.3 is 25.8 Å². The summed E-state index contributed by atoms with van der Waals surface area (Å²) >= 11 is 0. The third-order valence-corrected chi connectivity index (χ3v) is 5.95. The van der Waals surface area contributed by atoms with E-state index in [1.807, 2.05) is 20.8 Å². The lowest BCUT2D eigenvalue weighted by atomic mass is 9.86. The van der Waals surface area contributed by atoms with E-state index in [9.17, 15) is 42.3 Å². The highest BCUT2D eigenvalue weighted by atomic mass is 19.2. The summed E-state index contributed by atoms with van der Waals surface area (Å²) in [6.45, 7) is 7.36. The van der Waals surface area contributed by atoms with E-state index in [0.29, 0.717) is 11.8 Å². The van der Waals surface area contributed by atoms with Crippen LogP contribution in [0.25, 0.3) is 0 Å². The molecule has 4 N–H and O–H groups in total. The van der Waals surface area contributed by atoms with Crippen LogP contribution in [0.4, 0.5) is 18.9 Å². The number of para-hydroxylation sites is 1. The van der Waals surface area contributed by atoms with Crippen molar-refractivity contribution in [1.29, 1.82) is 0 Å². The SMILES string of the molecule is CCc1c(F)cc(F)c(F)c1OCC(=O)[C@H](CC(=O)O)NC(=O)[C@H](C)NC(=O)C(=O)Nc1ccccc1C(C)(C)C. The highest BCUT2D eigenvalue weighted by Gasteiger charge is 2.29. The molecule has 0 aliphatic rings. The number of Topliss-reactive ketones (excluding diaryl/α,β-unsaturated/α-hetero) is 1. The number of ether oxygens (including phenoxy) is 1. The lowest BCUT2D eigenvalue weighted by Gasteiger charge is -2.23. The molecule has 0 bridgehead atoms. The van der Waals surface area contributed by atoms with Crippen LogP contribution in [0.1, 0.15) is 52.2 Å². The average molecular weight is 580 g/mol. The van der Waals surface area contributed by atoms with Crippen molar-refractivity contribution in [3.63, 3.8) is 0 Å². The molecule has 0 saturated carbocycles. The predicted octanol–water partition coefficient (Wildman–Crippen LogP) is 3.01. The number of amides is 3. The van der Waals surface area contributed by atoms with Crippen LogP contribution in [-0.4, -0.2) is 53.3 Å². The second-order valence-corrected chi connectivity index (χ2v) is 10.2. The number of carboxylic acids is 1. The molecule has 0 spiro atoms. The van der Waals surface area contributed by atoms with Gasteiger partial charge in [-0.05, 0) is 30.4 Å². The van der Waals surface area contributed by atoms with Crippen molar-refractivity contribution in [2.75, 3.05) is 11.9 Å². The fourth-order valence-corrected chi connectivity index (χ4v) is 3.80. The minimum Gasteiger partial charge on any atom is -0.482 e. The van der Waals surface area contributed by atoms with Crippen LogP contribution in [0.2, 0.25) is 0 Å². The predicted molar refractivity (Wildman–Crippen MR) is 142 cm³/mol. The lowest BCUT2D eigenvalue weighted by Crippen LogP contribution is -2.53. The number of aliphatic carboxylic acids is 1. The molecule has 2 aromatic carbocycles. The van der Waals surface area contributed by atoms with E-state index in [1.165, 1.54) is 13.8 Å². The molecule has 222 valence electrons. The normalized spacial score (nSPS) is 12.6. The standard InChI is InChI=1S/C28H32F3N3O7/c1-6-15-17(29)11-18(30)23(31)24(15)41-13-21(35)20(12-22(36)37)34-25(38)14(2)32-26(39)27(40)33-19-10-8-7-9-16(19)28(3,4)5/h7-11,14,20H,6,12-13H2,1-5H3,(H,32,39)(H,33,40)(H,34,38)(H,36,37)/t14-,20-/m0/s1. The molecule has 0 saturated heterocycles. The molecule has 2 aromatic rings. The van der Waals surface area contributed by atoms with Gasteiger partial charge in [0.05, 0.1) is 6.42 Å². The number of carbonyl (C=O) groups excluding carboxylic acids is 4. The van der Waals surface area contributed by atoms with E-state index in [1.54, 1.807) is 24.3 Å². The molecular formula is C28H32F3N3O7. The molecule has 0 aliphatic heterocycles. The summed E-state index contributed by atoms with van der Waals surface area (Å²) in [5.41, 5.74) is 0.465. The second kappa shape index (κ2) is 13.8. The molecule has 0 radical (unpaired) electrons. The number of nitrogens with one attached hydrogen (secondary N) is 3. The summed E-state index contributed by atoms with van der Waals surface area (Å²) < 4.78 is 46.8. The van der Waals surface area contributed by atoms with Gasteiger partial charge in [-0.2, -0.15) is 4.39 Å². The first-order valence-corrected chi connectivity index (χ1v) is 12.6. The Balaban J connectivity index is 2.08. The highest BCUT2D eigenvalue weighted by Crippen LogP contribution is 2.30. The molecule has 0 aromatic heterocycles. The summed E-state index contributed by atoms with van der Waals surface area (Å²) in [5.74, 6) is -10.8. The molecule has 13 heteroatoms. The fraction of sp³-hybridized carbons (Fsp3) is 0.393. The number of hydrogen-bond donors (Lipinski definition) is 4. The maximum Gasteiger partial charge on any atom is 0.313 e.